The quantitative estimate of drug-likeness (QED) is 0.472. The fourth-order valence-corrected chi connectivity index (χ4v) is 5.62. The van der Waals surface area contributed by atoms with Gasteiger partial charge in [-0.25, -0.2) is 22.3 Å². The second-order valence-electron chi connectivity index (χ2n) is 8.01. The van der Waals surface area contributed by atoms with E-state index >= 15 is 0 Å². The van der Waals surface area contributed by atoms with Gasteiger partial charge in [-0.1, -0.05) is 23.8 Å². The lowest BCUT2D eigenvalue weighted by Crippen LogP contribution is -2.35. The van der Waals surface area contributed by atoms with Gasteiger partial charge in [0.1, 0.15) is 11.3 Å². The van der Waals surface area contributed by atoms with Gasteiger partial charge in [0.2, 0.25) is 10.0 Å². The molecule has 2 heterocycles. The van der Waals surface area contributed by atoms with Crippen LogP contribution in [0.4, 0.5) is 4.39 Å². The summed E-state index contributed by atoms with van der Waals surface area (Å²) in [6.45, 7) is 0.812. The van der Waals surface area contributed by atoms with Crippen LogP contribution in [0.1, 0.15) is 29.6 Å². The van der Waals surface area contributed by atoms with Crippen LogP contribution >= 0.6 is 12.4 Å². The lowest BCUT2D eigenvalue weighted by molar-refractivity contribution is 0.0601. The zero-order valence-corrected chi connectivity index (χ0v) is 20.8. The maximum absolute atomic E-state index is 14.1. The number of benzene rings is 2. The molecule has 1 aliphatic rings. The fraction of sp³-hybridized carbons (Fsp3) is 0.348. The van der Waals surface area contributed by atoms with Crippen LogP contribution in [0.5, 0.6) is 0 Å². The van der Waals surface area contributed by atoms with Crippen molar-refractivity contribution >= 4 is 39.4 Å². The van der Waals surface area contributed by atoms with E-state index in [1.54, 1.807) is 30.3 Å². The number of sulfonamides is 1. The van der Waals surface area contributed by atoms with Gasteiger partial charge >= 0.3 is 5.97 Å². The highest BCUT2D eigenvalue weighted by molar-refractivity contribution is 7.89. The molecule has 0 amide bonds. The van der Waals surface area contributed by atoms with Crippen molar-refractivity contribution in [2.45, 2.75) is 30.7 Å². The number of esters is 1. The molecule has 2 N–H and O–H groups in total. The minimum atomic E-state index is -3.66. The summed E-state index contributed by atoms with van der Waals surface area (Å²) in [5.74, 6) is -1.08. The van der Waals surface area contributed by atoms with Crippen LogP contribution in [0.3, 0.4) is 0 Å². The number of aromatic nitrogens is 3. The standard InChI is InChI=1S/C23H26FN5O4S.ClH/c1-33-23(30)17-13-20(22-21(14-17)29(27-26-22)15-18(24)8-9-25)16-6-5-7-19(12-16)34(31,32)28-10-3-2-4-11-28;/h5-8,12-14H,2-4,9-11,15,25H2,1H3;1H/b18-8-;. The summed E-state index contributed by atoms with van der Waals surface area (Å²) >= 11 is 0. The summed E-state index contributed by atoms with van der Waals surface area (Å²) in [5.41, 5.74) is 7.43. The Balaban J connectivity index is 0.00000342. The molecule has 35 heavy (non-hydrogen) atoms. The minimum Gasteiger partial charge on any atom is -0.465 e. The highest BCUT2D eigenvalue weighted by Crippen LogP contribution is 2.32. The summed E-state index contributed by atoms with van der Waals surface area (Å²) in [4.78, 5) is 12.5. The normalized spacial score (nSPS) is 15.1. The van der Waals surface area contributed by atoms with Gasteiger partial charge in [-0.2, -0.15) is 4.31 Å². The second kappa shape index (κ2) is 11.3. The maximum Gasteiger partial charge on any atom is 0.337 e. The smallest absolute Gasteiger partial charge is 0.337 e. The predicted molar refractivity (Wildman–Crippen MR) is 132 cm³/mol. The number of ether oxygens (including phenoxy) is 1. The molecule has 1 aliphatic heterocycles. The van der Waals surface area contributed by atoms with Crippen molar-refractivity contribution < 1.29 is 22.3 Å². The van der Waals surface area contributed by atoms with Crippen molar-refractivity contribution in [1.82, 2.24) is 19.3 Å². The Morgan fingerprint density at radius 3 is 2.63 bits per heavy atom. The average molecular weight is 524 g/mol. The van der Waals surface area contributed by atoms with Crippen LogP contribution < -0.4 is 5.73 Å². The van der Waals surface area contributed by atoms with Gasteiger partial charge in [-0.15, -0.1) is 17.5 Å². The van der Waals surface area contributed by atoms with E-state index in [-0.39, 0.29) is 36.0 Å². The first-order valence-corrected chi connectivity index (χ1v) is 12.4. The molecule has 9 nitrogen and oxygen atoms in total. The third-order valence-corrected chi connectivity index (χ3v) is 7.67. The Morgan fingerprint density at radius 1 is 1.20 bits per heavy atom. The van der Waals surface area contributed by atoms with E-state index in [0.717, 1.165) is 19.3 Å². The van der Waals surface area contributed by atoms with Gasteiger partial charge in [0.05, 0.1) is 29.6 Å². The second-order valence-corrected chi connectivity index (χ2v) is 9.95. The molecule has 12 heteroatoms. The molecule has 188 valence electrons. The Hall–Kier alpha value is -2.86. The molecular formula is C23H27ClFN5O4S. The molecule has 3 aromatic rings. The molecule has 1 fully saturated rings. The number of halogens is 2. The zero-order valence-electron chi connectivity index (χ0n) is 19.2. The number of allylic oxidation sites excluding steroid dienone is 1. The van der Waals surface area contributed by atoms with Gasteiger partial charge in [-0.05, 0) is 48.7 Å². The van der Waals surface area contributed by atoms with E-state index in [0.29, 0.717) is 35.2 Å². The third kappa shape index (κ3) is 5.53. The monoisotopic (exact) mass is 523 g/mol. The summed E-state index contributed by atoms with van der Waals surface area (Å²) in [6.07, 6.45) is 3.91. The molecule has 1 aromatic heterocycles. The lowest BCUT2D eigenvalue weighted by atomic mass is 10.0. The first kappa shape index (κ1) is 26.7. The molecule has 0 spiro atoms. The predicted octanol–water partition coefficient (Wildman–Crippen LogP) is 3.29. The van der Waals surface area contributed by atoms with Crippen molar-refractivity contribution in [3.05, 3.63) is 53.9 Å². The largest absolute Gasteiger partial charge is 0.465 e. The number of fused-ring (bicyclic) bond motifs is 1. The van der Waals surface area contributed by atoms with Crippen molar-refractivity contribution in [1.29, 1.82) is 0 Å². The number of methoxy groups -OCH3 is 1. The Kier molecular flexibility index (Phi) is 8.60. The average Bonchev–Trinajstić information content (AvgIpc) is 3.26. The minimum absolute atomic E-state index is 0. The number of nitrogens with two attached hydrogens (primary N) is 1. The molecule has 0 atom stereocenters. The van der Waals surface area contributed by atoms with Gasteiger partial charge in [0.25, 0.3) is 0 Å². The van der Waals surface area contributed by atoms with E-state index in [1.165, 1.54) is 28.2 Å². The van der Waals surface area contributed by atoms with Crippen LogP contribution in [-0.2, 0) is 21.3 Å². The fourth-order valence-electron chi connectivity index (χ4n) is 4.05. The van der Waals surface area contributed by atoms with Crippen LogP contribution in [0.25, 0.3) is 22.2 Å². The highest BCUT2D eigenvalue weighted by Gasteiger charge is 2.26. The maximum atomic E-state index is 14.1. The highest BCUT2D eigenvalue weighted by atomic mass is 35.5. The van der Waals surface area contributed by atoms with Crippen molar-refractivity contribution in [2.75, 3.05) is 26.7 Å². The van der Waals surface area contributed by atoms with Gasteiger partial charge in [0.15, 0.2) is 0 Å². The molecule has 0 aliphatic carbocycles. The van der Waals surface area contributed by atoms with Crippen molar-refractivity contribution in [2.24, 2.45) is 5.73 Å². The molecular weight excluding hydrogens is 497 g/mol. The van der Waals surface area contributed by atoms with Gasteiger partial charge in [-0.3, -0.25) is 0 Å². The molecule has 2 aromatic carbocycles. The first-order valence-electron chi connectivity index (χ1n) is 11.0. The third-order valence-electron chi connectivity index (χ3n) is 5.78. The number of hydrogen-bond acceptors (Lipinski definition) is 7. The Labute approximate surface area is 209 Å². The summed E-state index contributed by atoms with van der Waals surface area (Å²) in [6, 6.07) is 9.60. The van der Waals surface area contributed by atoms with E-state index < -0.39 is 21.8 Å². The number of carbonyl (C=O) groups excluding carboxylic acids is 1. The van der Waals surface area contributed by atoms with E-state index in [1.807, 2.05) is 0 Å². The summed E-state index contributed by atoms with van der Waals surface area (Å²) < 4.78 is 48.2. The topological polar surface area (TPSA) is 120 Å². The number of rotatable bonds is 7. The van der Waals surface area contributed by atoms with Gasteiger partial charge < -0.3 is 10.5 Å². The molecule has 0 unspecified atom stereocenters. The van der Waals surface area contributed by atoms with Crippen molar-refractivity contribution in [3.8, 4) is 11.1 Å². The van der Waals surface area contributed by atoms with Gasteiger partial charge in [0, 0.05) is 25.2 Å². The van der Waals surface area contributed by atoms with Crippen molar-refractivity contribution in [3.63, 3.8) is 0 Å². The number of carbonyl (C=O) groups is 1. The number of nitrogens with zero attached hydrogens (tertiary/aromatic N) is 4. The van der Waals surface area contributed by atoms with Crippen LogP contribution in [0.15, 0.2) is 53.2 Å². The zero-order chi connectivity index (χ0) is 24.3. The van der Waals surface area contributed by atoms with Crippen LogP contribution in [0, 0.1) is 0 Å². The van der Waals surface area contributed by atoms with Crippen LogP contribution in [-0.4, -0.2) is 60.4 Å². The molecule has 0 bridgehead atoms. The molecule has 0 saturated carbocycles. The lowest BCUT2D eigenvalue weighted by Gasteiger charge is -2.26. The first-order chi connectivity index (χ1) is 16.3. The summed E-state index contributed by atoms with van der Waals surface area (Å²) in [7, 11) is -2.40. The van der Waals surface area contributed by atoms with E-state index in [4.69, 9.17) is 10.5 Å². The number of piperidine rings is 1. The molecule has 4 rings (SSSR count). The SMILES string of the molecule is COC(=O)c1cc(-c2cccc(S(=O)(=O)N3CCCCC3)c2)c2nnn(C/C(F)=C/CN)c2c1.Cl. The Bertz CT molecular complexity index is 1350. The Morgan fingerprint density at radius 2 is 1.94 bits per heavy atom. The molecule has 0 radical (unpaired) electrons. The number of hydrogen-bond donors (Lipinski definition) is 1. The summed E-state index contributed by atoms with van der Waals surface area (Å²) in [5, 5.41) is 8.23. The molecule has 1 saturated heterocycles. The van der Waals surface area contributed by atoms with E-state index in [9.17, 15) is 17.6 Å². The van der Waals surface area contributed by atoms with E-state index in [2.05, 4.69) is 10.3 Å². The van der Waals surface area contributed by atoms with Crippen LogP contribution in [0.2, 0.25) is 0 Å².